The van der Waals surface area contributed by atoms with Gasteiger partial charge in [0.2, 0.25) is 5.91 Å². The molecule has 1 unspecified atom stereocenters. The summed E-state index contributed by atoms with van der Waals surface area (Å²) < 4.78 is 10.7. The van der Waals surface area contributed by atoms with Crippen molar-refractivity contribution in [2.75, 3.05) is 13.6 Å². The molecule has 2 amide bonds. The summed E-state index contributed by atoms with van der Waals surface area (Å²) >= 11 is 0. The molecule has 0 fully saturated rings. The first-order valence-corrected chi connectivity index (χ1v) is 10.1. The first-order chi connectivity index (χ1) is 14.6. The van der Waals surface area contributed by atoms with Gasteiger partial charge in [0.25, 0.3) is 0 Å². The summed E-state index contributed by atoms with van der Waals surface area (Å²) in [7, 11) is 1.47. The fourth-order valence-electron chi connectivity index (χ4n) is 2.73. The van der Waals surface area contributed by atoms with Crippen molar-refractivity contribution in [1.82, 2.24) is 10.2 Å². The average molecular weight is 427 g/mol. The number of likely N-dealkylation sites (N-methyl/N-ethyl adjacent to an activating group) is 1. The molecule has 0 aliphatic heterocycles. The molecule has 0 heterocycles. The van der Waals surface area contributed by atoms with Crippen molar-refractivity contribution in [2.45, 2.75) is 45.4 Å². The highest BCUT2D eigenvalue weighted by Gasteiger charge is 2.26. The summed E-state index contributed by atoms with van der Waals surface area (Å²) in [5.41, 5.74) is 1.06. The normalized spacial score (nSPS) is 11.9. The van der Waals surface area contributed by atoms with Crippen LogP contribution < -0.4 is 5.32 Å². The lowest BCUT2D eigenvalue weighted by Crippen LogP contribution is -2.48. The number of rotatable bonds is 8. The molecule has 0 spiro atoms. The summed E-state index contributed by atoms with van der Waals surface area (Å²) in [5, 5.41) is 2.69. The summed E-state index contributed by atoms with van der Waals surface area (Å²) in [6, 6.07) is 17.8. The van der Waals surface area contributed by atoms with Gasteiger partial charge in [-0.1, -0.05) is 60.7 Å². The van der Waals surface area contributed by atoms with Crippen molar-refractivity contribution in [1.29, 1.82) is 0 Å². The number of hydrogen-bond acceptors (Lipinski definition) is 5. The Morgan fingerprint density at radius 3 is 2.03 bits per heavy atom. The van der Waals surface area contributed by atoms with Gasteiger partial charge in [0, 0.05) is 13.5 Å². The number of hydrogen-bond donors (Lipinski definition) is 1. The van der Waals surface area contributed by atoms with Gasteiger partial charge in [-0.2, -0.15) is 0 Å². The van der Waals surface area contributed by atoms with Crippen LogP contribution in [0.25, 0.3) is 0 Å². The zero-order valence-corrected chi connectivity index (χ0v) is 18.5. The van der Waals surface area contributed by atoms with Crippen LogP contribution in [-0.4, -0.2) is 48.1 Å². The number of carbonyl (C=O) groups excluding carboxylic acids is 3. The van der Waals surface area contributed by atoms with Crippen LogP contribution in [0.15, 0.2) is 60.7 Å². The molecule has 31 heavy (non-hydrogen) atoms. The molecule has 2 aromatic rings. The summed E-state index contributed by atoms with van der Waals surface area (Å²) in [6.45, 7) is 5.11. The number of benzene rings is 2. The van der Waals surface area contributed by atoms with Gasteiger partial charge in [0.1, 0.15) is 24.8 Å². The number of nitrogens with zero attached hydrogens (tertiary/aromatic N) is 1. The highest BCUT2D eigenvalue weighted by atomic mass is 16.6. The smallest absolute Gasteiger partial charge is 0.410 e. The molecule has 1 atom stereocenters. The Kier molecular flexibility index (Phi) is 8.61. The molecule has 0 aliphatic rings. The van der Waals surface area contributed by atoms with E-state index in [0.29, 0.717) is 0 Å². The molecule has 7 nitrogen and oxygen atoms in total. The molecule has 166 valence electrons. The molecule has 0 saturated carbocycles. The van der Waals surface area contributed by atoms with E-state index in [1.165, 1.54) is 7.05 Å². The minimum Gasteiger partial charge on any atom is -0.459 e. The largest absolute Gasteiger partial charge is 0.459 e. The van der Waals surface area contributed by atoms with Crippen LogP contribution in [0.1, 0.15) is 31.9 Å². The predicted octanol–water partition coefficient (Wildman–Crippen LogP) is 3.32. The second-order valence-corrected chi connectivity index (χ2v) is 8.24. The van der Waals surface area contributed by atoms with Crippen LogP contribution in [0, 0.1) is 0 Å². The zero-order valence-electron chi connectivity index (χ0n) is 18.5. The fourth-order valence-corrected chi connectivity index (χ4v) is 2.73. The highest BCUT2D eigenvalue weighted by Crippen LogP contribution is 2.10. The zero-order chi connectivity index (χ0) is 22.9. The molecular weight excluding hydrogens is 396 g/mol. The second kappa shape index (κ2) is 11.2. The first kappa shape index (κ1) is 23.9. The maximum atomic E-state index is 12.7. The van der Waals surface area contributed by atoms with Crippen LogP contribution in [0.5, 0.6) is 0 Å². The van der Waals surface area contributed by atoms with Gasteiger partial charge in [0.15, 0.2) is 0 Å². The third-order valence-corrected chi connectivity index (χ3v) is 4.21. The summed E-state index contributed by atoms with van der Waals surface area (Å²) in [6.07, 6.45) is -0.343. The number of carbonyl (C=O) groups is 3. The molecule has 1 N–H and O–H groups in total. The van der Waals surface area contributed by atoms with Crippen LogP contribution in [0.4, 0.5) is 4.79 Å². The number of esters is 1. The van der Waals surface area contributed by atoms with Crippen LogP contribution >= 0.6 is 0 Å². The van der Waals surface area contributed by atoms with Gasteiger partial charge >= 0.3 is 12.1 Å². The van der Waals surface area contributed by atoms with E-state index in [1.54, 1.807) is 20.8 Å². The van der Waals surface area contributed by atoms with Gasteiger partial charge < -0.3 is 19.7 Å². The van der Waals surface area contributed by atoms with E-state index < -0.39 is 29.6 Å². The Bertz CT molecular complexity index is 863. The molecule has 2 rings (SSSR count). The van der Waals surface area contributed by atoms with Gasteiger partial charge in [0.05, 0.1) is 0 Å². The molecule has 0 bridgehead atoms. The van der Waals surface area contributed by atoms with Crippen molar-refractivity contribution in [3.8, 4) is 0 Å². The third kappa shape index (κ3) is 8.90. The lowest BCUT2D eigenvalue weighted by atomic mass is 10.1. The number of nitrogens with one attached hydrogen (secondary N) is 1. The monoisotopic (exact) mass is 426 g/mol. The number of ether oxygens (including phenoxy) is 2. The van der Waals surface area contributed by atoms with Gasteiger partial charge in [-0.05, 0) is 31.9 Å². The maximum Gasteiger partial charge on any atom is 0.410 e. The standard InChI is InChI=1S/C24H30N2O5/c1-24(2,3)31-23(29)26(4)16-21(27)25-20(15-18-11-7-5-8-12-18)22(28)30-17-19-13-9-6-10-14-19/h5-14,20H,15-17H2,1-4H3,(H,25,27). The van der Waals surface area contributed by atoms with Crippen LogP contribution in [0.2, 0.25) is 0 Å². The van der Waals surface area contributed by atoms with Crippen molar-refractivity contribution >= 4 is 18.0 Å². The highest BCUT2D eigenvalue weighted by molar-refractivity contribution is 5.87. The Hall–Kier alpha value is -3.35. The first-order valence-electron chi connectivity index (χ1n) is 10.1. The quantitative estimate of drug-likeness (QED) is 0.655. The Labute approximate surface area is 183 Å². The summed E-state index contributed by atoms with van der Waals surface area (Å²) in [4.78, 5) is 38.5. The van der Waals surface area contributed by atoms with E-state index >= 15 is 0 Å². The van der Waals surface area contributed by atoms with Crippen molar-refractivity contribution in [2.24, 2.45) is 0 Å². The molecule has 7 heteroatoms. The fraction of sp³-hybridized carbons (Fsp3) is 0.375. The lowest BCUT2D eigenvalue weighted by Gasteiger charge is -2.25. The molecule has 2 aromatic carbocycles. The van der Waals surface area contributed by atoms with Gasteiger partial charge in [-0.15, -0.1) is 0 Å². The van der Waals surface area contributed by atoms with Gasteiger partial charge in [-0.25, -0.2) is 9.59 Å². The van der Waals surface area contributed by atoms with Crippen molar-refractivity contribution in [3.63, 3.8) is 0 Å². The minimum absolute atomic E-state index is 0.110. The topological polar surface area (TPSA) is 84.9 Å². The maximum absolute atomic E-state index is 12.7. The molecule has 0 aromatic heterocycles. The Balaban J connectivity index is 2.01. The van der Waals surface area contributed by atoms with Crippen molar-refractivity contribution in [3.05, 3.63) is 71.8 Å². The second-order valence-electron chi connectivity index (χ2n) is 8.24. The van der Waals surface area contributed by atoms with E-state index in [0.717, 1.165) is 16.0 Å². The Morgan fingerprint density at radius 1 is 0.935 bits per heavy atom. The van der Waals surface area contributed by atoms with Crippen molar-refractivity contribution < 1.29 is 23.9 Å². The molecule has 0 radical (unpaired) electrons. The molecular formula is C24H30N2O5. The third-order valence-electron chi connectivity index (χ3n) is 4.21. The Morgan fingerprint density at radius 2 is 1.48 bits per heavy atom. The van der Waals surface area contributed by atoms with E-state index in [1.807, 2.05) is 60.7 Å². The van der Waals surface area contributed by atoms with Crippen LogP contribution in [0.3, 0.4) is 0 Å². The summed E-state index contributed by atoms with van der Waals surface area (Å²) in [5.74, 6) is -1.02. The van der Waals surface area contributed by atoms with Gasteiger partial charge in [-0.3, -0.25) is 4.79 Å². The minimum atomic E-state index is -0.884. The molecule has 0 saturated heterocycles. The SMILES string of the molecule is CN(CC(=O)NC(Cc1ccccc1)C(=O)OCc1ccccc1)C(=O)OC(C)(C)C. The van der Waals surface area contributed by atoms with Crippen LogP contribution in [-0.2, 0) is 32.1 Å². The average Bonchev–Trinajstić information content (AvgIpc) is 2.71. The molecule has 0 aliphatic carbocycles. The lowest BCUT2D eigenvalue weighted by molar-refractivity contribution is -0.149. The number of amides is 2. The van der Waals surface area contributed by atoms with E-state index in [-0.39, 0.29) is 19.6 Å². The van der Waals surface area contributed by atoms with E-state index in [2.05, 4.69) is 5.32 Å². The predicted molar refractivity (Wildman–Crippen MR) is 117 cm³/mol. The van der Waals surface area contributed by atoms with E-state index in [4.69, 9.17) is 9.47 Å². The van der Waals surface area contributed by atoms with E-state index in [9.17, 15) is 14.4 Å².